The maximum atomic E-state index is 2.42. The molecule has 0 aromatic carbocycles. The molecule has 0 amide bonds. The first kappa shape index (κ1) is 13.1. The van der Waals surface area contributed by atoms with E-state index >= 15 is 0 Å². The van der Waals surface area contributed by atoms with Gasteiger partial charge in [-0.25, -0.2) is 0 Å². The Bertz CT molecular complexity index is 213. The first-order valence-electron chi connectivity index (χ1n) is 6.44. The second-order valence-electron chi connectivity index (χ2n) is 4.36. The maximum absolute atomic E-state index is 2.42. The summed E-state index contributed by atoms with van der Waals surface area (Å²) in [5.41, 5.74) is 1.60. The molecule has 1 rings (SSSR count). The summed E-state index contributed by atoms with van der Waals surface area (Å²) in [6.07, 6.45) is 12.8. The third kappa shape index (κ3) is 6.98. The normalized spacial score (nSPS) is 10.7. The standard InChI is InChI=1S/C14H24Se/c1-2-3-4-5-6-7-8-9-10-14-11-12-15-13-14/h11-13H,2-10H2,1H3. The molecule has 0 radical (unpaired) electrons. The van der Waals surface area contributed by atoms with E-state index in [-0.39, 0.29) is 0 Å². The summed E-state index contributed by atoms with van der Waals surface area (Å²) < 4.78 is 0. The molecule has 0 saturated carbocycles. The fourth-order valence-electron chi connectivity index (χ4n) is 1.90. The van der Waals surface area contributed by atoms with Gasteiger partial charge in [0.2, 0.25) is 0 Å². The quantitative estimate of drug-likeness (QED) is 0.460. The van der Waals surface area contributed by atoms with Crippen LogP contribution in [0.1, 0.15) is 63.9 Å². The van der Waals surface area contributed by atoms with Crippen LogP contribution in [0.15, 0.2) is 15.9 Å². The zero-order valence-electron chi connectivity index (χ0n) is 10.0. The van der Waals surface area contributed by atoms with Crippen LogP contribution in [0.4, 0.5) is 0 Å². The van der Waals surface area contributed by atoms with Crippen molar-refractivity contribution < 1.29 is 0 Å². The minimum absolute atomic E-state index is 0.690. The average Bonchev–Trinajstić information content (AvgIpc) is 2.75. The fraction of sp³-hybridized carbons (Fsp3) is 0.714. The van der Waals surface area contributed by atoms with Crippen molar-refractivity contribution in [2.75, 3.05) is 0 Å². The summed E-state index contributed by atoms with van der Waals surface area (Å²) in [4.78, 5) is 4.75. The van der Waals surface area contributed by atoms with Crippen LogP contribution in [-0.2, 0) is 6.42 Å². The number of unbranched alkanes of at least 4 members (excludes halogenated alkanes) is 7. The molecule has 0 unspecified atom stereocenters. The van der Waals surface area contributed by atoms with Gasteiger partial charge in [0.1, 0.15) is 0 Å². The van der Waals surface area contributed by atoms with Crippen LogP contribution < -0.4 is 0 Å². The summed E-state index contributed by atoms with van der Waals surface area (Å²) in [5, 5.41) is 0. The van der Waals surface area contributed by atoms with Crippen LogP contribution in [0.5, 0.6) is 0 Å². The third-order valence-corrected chi connectivity index (χ3v) is 4.44. The second kappa shape index (κ2) is 9.24. The minimum atomic E-state index is 0.690. The molecule has 1 heterocycles. The molecule has 1 heteroatoms. The van der Waals surface area contributed by atoms with Crippen molar-refractivity contribution in [1.82, 2.24) is 0 Å². The average molecular weight is 271 g/mol. The van der Waals surface area contributed by atoms with Gasteiger partial charge in [-0.3, -0.25) is 0 Å². The molecule has 0 spiro atoms. The van der Waals surface area contributed by atoms with E-state index < -0.39 is 0 Å². The van der Waals surface area contributed by atoms with E-state index in [1.807, 2.05) is 0 Å². The van der Waals surface area contributed by atoms with Crippen LogP contribution >= 0.6 is 0 Å². The number of hydrogen-bond acceptors (Lipinski definition) is 0. The van der Waals surface area contributed by atoms with Crippen LogP contribution in [0.25, 0.3) is 0 Å². The van der Waals surface area contributed by atoms with Crippen molar-refractivity contribution in [1.29, 1.82) is 0 Å². The van der Waals surface area contributed by atoms with Crippen molar-refractivity contribution >= 4 is 14.5 Å². The predicted octanol–water partition coefficient (Wildman–Crippen LogP) is 4.43. The molecule has 0 aliphatic carbocycles. The van der Waals surface area contributed by atoms with E-state index in [1.54, 1.807) is 5.56 Å². The molecule has 86 valence electrons. The van der Waals surface area contributed by atoms with Gasteiger partial charge in [-0.05, 0) is 0 Å². The molecule has 15 heavy (non-hydrogen) atoms. The van der Waals surface area contributed by atoms with Gasteiger partial charge in [-0.2, -0.15) is 0 Å². The molecule has 0 atom stereocenters. The Balaban J connectivity index is 1.81. The molecule has 0 fully saturated rings. The van der Waals surface area contributed by atoms with E-state index in [0.29, 0.717) is 14.5 Å². The predicted molar refractivity (Wildman–Crippen MR) is 69.7 cm³/mol. The van der Waals surface area contributed by atoms with Crippen LogP contribution in [0, 0.1) is 0 Å². The van der Waals surface area contributed by atoms with E-state index in [0.717, 1.165) is 0 Å². The zero-order valence-corrected chi connectivity index (χ0v) is 11.7. The van der Waals surface area contributed by atoms with E-state index in [4.69, 9.17) is 0 Å². The van der Waals surface area contributed by atoms with Gasteiger partial charge in [-0.1, -0.05) is 0 Å². The Kier molecular flexibility index (Phi) is 8.05. The molecular weight excluding hydrogens is 247 g/mol. The van der Waals surface area contributed by atoms with E-state index in [2.05, 4.69) is 22.9 Å². The second-order valence-corrected chi connectivity index (χ2v) is 5.99. The van der Waals surface area contributed by atoms with Crippen molar-refractivity contribution in [3.05, 3.63) is 21.5 Å². The summed E-state index contributed by atoms with van der Waals surface area (Å²) in [7, 11) is 0. The van der Waals surface area contributed by atoms with Gasteiger partial charge in [0, 0.05) is 0 Å². The Hall–Kier alpha value is -0.000519. The number of hydrogen-bond donors (Lipinski definition) is 0. The topological polar surface area (TPSA) is 0 Å². The third-order valence-electron chi connectivity index (χ3n) is 2.90. The van der Waals surface area contributed by atoms with Gasteiger partial charge in [0.15, 0.2) is 0 Å². The number of rotatable bonds is 9. The number of aryl methyl sites for hydroxylation is 1. The molecule has 0 aliphatic heterocycles. The zero-order chi connectivity index (χ0) is 10.8. The van der Waals surface area contributed by atoms with Gasteiger partial charge in [-0.15, -0.1) is 0 Å². The van der Waals surface area contributed by atoms with Crippen molar-refractivity contribution in [2.45, 2.75) is 64.7 Å². The molecule has 0 nitrogen and oxygen atoms in total. The summed E-state index contributed by atoms with van der Waals surface area (Å²) in [6.45, 7) is 2.28. The van der Waals surface area contributed by atoms with Crippen molar-refractivity contribution in [3.63, 3.8) is 0 Å². The monoisotopic (exact) mass is 272 g/mol. The van der Waals surface area contributed by atoms with Gasteiger partial charge < -0.3 is 0 Å². The first-order chi connectivity index (χ1) is 7.43. The van der Waals surface area contributed by atoms with Crippen molar-refractivity contribution in [2.24, 2.45) is 0 Å². The molecular formula is C14H24Se. The van der Waals surface area contributed by atoms with E-state index in [9.17, 15) is 0 Å². The van der Waals surface area contributed by atoms with Gasteiger partial charge in [0.25, 0.3) is 0 Å². The molecule has 0 saturated heterocycles. The Labute approximate surface area is 101 Å². The summed E-state index contributed by atoms with van der Waals surface area (Å²) in [6, 6.07) is 2.32. The molecule has 1 aromatic rings. The first-order valence-corrected chi connectivity index (χ1v) is 8.42. The van der Waals surface area contributed by atoms with E-state index in [1.165, 1.54) is 57.8 Å². The SMILES string of the molecule is CCCCCCCCCCc1cc[se]c1. The Morgan fingerprint density at radius 1 is 0.933 bits per heavy atom. The molecule has 0 aliphatic rings. The van der Waals surface area contributed by atoms with Crippen LogP contribution in [0.3, 0.4) is 0 Å². The van der Waals surface area contributed by atoms with Crippen LogP contribution in [0.2, 0.25) is 0 Å². The molecule has 0 bridgehead atoms. The fourth-order valence-corrected chi connectivity index (χ4v) is 3.37. The summed E-state index contributed by atoms with van der Waals surface area (Å²) >= 11 is 0.690. The molecule has 0 N–H and O–H groups in total. The Morgan fingerprint density at radius 2 is 1.60 bits per heavy atom. The Morgan fingerprint density at radius 3 is 2.20 bits per heavy atom. The van der Waals surface area contributed by atoms with Crippen LogP contribution in [-0.4, -0.2) is 14.5 Å². The molecule has 1 aromatic heterocycles. The van der Waals surface area contributed by atoms with Gasteiger partial charge in [0.05, 0.1) is 0 Å². The van der Waals surface area contributed by atoms with Gasteiger partial charge >= 0.3 is 101 Å². The van der Waals surface area contributed by atoms with Crippen molar-refractivity contribution in [3.8, 4) is 0 Å². The summed E-state index contributed by atoms with van der Waals surface area (Å²) in [5.74, 6) is 0.